The van der Waals surface area contributed by atoms with Gasteiger partial charge in [-0.1, -0.05) is 29.3 Å². The van der Waals surface area contributed by atoms with Crippen LogP contribution in [0.1, 0.15) is 29.5 Å². The number of halogens is 2. The number of aromatic nitrogens is 1. The zero-order chi connectivity index (χ0) is 24.9. The molecule has 1 saturated heterocycles. The highest BCUT2D eigenvalue weighted by molar-refractivity contribution is 7.11. The molecule has 0 spiro atoms. The van der Waals surface area contributed by atoms with E-state index in [-0.39, 0.29) is 12.5 Å². The average Bonchev–Trinajstić information content (AvgIpc) is 3.37. The molecule has 9 nitrogen and oxygen atoms in total. The van der Waals surface area contributed by atoms with Crippen molar-refractivity contribution >= 4 is 52.3 Å². The van der Waals surface area contributed by atoms with E-state index in [9.17, 15) is 9.59 Å². The first-order chi connectivity index (χ1) is 16.9. The summed E-state index contributed by atoms with van der Waals surface area (Å²) in [4.78, 5) is 35.3. The molecule has 1 fully saturated rings. The second kappa shape index (κ2) is 11.5. The molecule has 4 rings (SSSR count). The van der Waals surface area contributed by atoms with Gasteiger partial charge in [0.05, 0.1) is 25.4 Å². The number of esters is 1. The zero-order valence-electron chi connectivity index (χ0n) is 18.9. The monoisotopic (exact) mass is 538 g/mol. The Bertz CT molecular complexity index is 1150. The number of carbonyl (C=O) groups excluding carboxylic acids is 1. The Labute approximate surface area is 216 Å². The molecule has 0 amide bonds. The minimum absolute atomic E-state index is 0.0326. The maximum atomic E-state index is 13.0. The summed E-state index contributed by atoms with van der Waals surface area (Å²) in [7, 11) is 1.32. The molecule has 0 radical (unpaired) electrons. The van der Waals surface area contributed by atoms with E-state index in [1.807, 2.05) is 5.38 Å². The standard InChI is InChI=1S/C23H24Cl2N4O5S/c1-33-23(32)19-17(12-29-7-8-34-14(11-29)3-5-18(30)31)27-21(22-26-6-9-35-22)28-20(19)15-4-2-13(24)10-16(15)25/h2,4,6,9-10,14,20H,3,5,7-8,11-12H2,1H3,(H,27,28)(H,30,31)/t14-,20-/m0/s1. The highest BCUT2D eigenvalue weighted by Crippen LogP contribution is 2.37. The Morgan fingerprint density at radius 1 is 1.37 bits per heavy atom. The van der Waals surface area contributed by atoms with Gasteiger partial charge in [0.1, 0.15) is 6.04 Å². The number of hydrogen-bond donors (Lipinski definition) is 2. The topological polar surface area (TPSA) is 113 Å². The number of carbonyl (C=O) groups is 2. The molecule has 1 aromatic heterocycles. The number of nitrogens with one attached hydrogen (secondary N) is 1. The highest BCUT2D eigenvalue weighted by atomic mass is 35.5. The summed E-state index contributed by atoms with van der Waals surface area (Å²) in [5, 5.41) is 15.7. The van der Waals surface area contributed by atoms with Crippen molar-refractivity contribution in [2.24, 2.45) is 4.99 Å². The van der Waals surface area contributed by atoms with Crippen LogP contribution in [0.3, 0.4) is 0 Å². The minimum Gasteiger partial charge on any atom is -0.481 e. The third kappa shape index (κ3) is 6.20. The summed E-state index contributed by atoms with van der Waals surface area (Å²) in [6, 6.07) is 4.34. The molecule has 0 aliphatic carbocycles. The summed E-state index contributed by atoms with van der Waals surface area (Å²) in [5.41, 5.74) is 1.57. The van der Waals surface area contributed by atoms with Crippen molar-refractivity contribution in [3.8, 4) is 0 Å². The molecule has 186 valence electrons. The van der Waals surface area contributed by atoms with E-state index in [0.717, 1.165) is 0 Å². The average molecular weight is 539 g/mol. The molecule has 0 bridgehead atoms. The fourth-order valence-electron chi connectivity index (χ4n) is 4.07. The SMILES string of the molecule is COC(=O)C1=C(CN2CCO[C@@H](CCC(=O)O)C2)NC(c2nccs2)=N[C@H]1c1ccc(Cl)cc1Cl. The van der Waals surface area contributed by atoms with Gasteiger partial charge in [-0.3, -0.25) is 14.7 Å². The van der Waals surface area contributed by atoms with E-state index in [0.29, 0.717) is 70.4 Å². The number of nitrogens with zero attached hydrogens (tertiary/aromatic N) is 3. The summed E-state index contributed by atoms with van der Waals surface area (Å²) in [6.07, 6.45) is 1.92. The van der Waals surface area contributed by atoms with Gasteiger partial charge in [0, 0.05) is 58.9 Å². The summed E-state index contributed by atoms with van der Waals surface area (Å²) >= 11 is 14.1. The predicted octanol–water partition coefficient (Wildman–Crippen LogP) is 3.53. The number of ether oxygens (including phenoxy) is 2. The number of carboxylic acid groups (broad SMARTS) is 1. The molecule has 0 unspecified atom stereocenters. The molecule has 2 aliphatic heterocycles. The molecule has 12 heteroatoms. The molecule has 1 aromatic carbocycles. The van der Waals surface area contributed by atoms with Crippen LogP contribution in [0, 0.1) is 0 Å². The number of rotatable bonds is 8. The first-order valence-electron chi connectivity index (χ1n) is 10.9. The number of benzene rings is 1. The summed E-state index contributed by atoms with van der Waals surface area (Å²) in [6.45, 7) is 2.00. The second-order valence-electron chi connectivity index (χ2n) is 8.05. The van der Waals surface area contributed by atoms with E-state index in [1.165, 1.54) is 18.4 Å². The fraction of sp³-hybridized carbons (Fsp3) is 0.391. The van der Waals surface area contributed by atoms with Crippen LogP contribution in [0.25, 0.3) is 0 Å². The number of aliphatic carboxylic acids is 1. The van der Waals surface area contributed by atoms with Crippen molar-refractivity contribution < 1.29 is 24.2 Å². The van der Waals surface area contributed by atoms with Gasteiger partial charge in [-0.2, -0.15) is 0 Å². The van der Waals surface area contributed by atoms with Crippen molar-refractivity contribution in [2.45, 2.75) is 25.0 Å². The Morgan fingerprint density at radius 2 is 2.20 bits per heavy atom. The predicted molar refractivity (Wildman–Crippen MR) is 133 cm³/mol. The molecule has 2 aliphatic rings. The number of morpholine rings is 1. The van der Waals surface area contributed by atoms with Crippen LogP contribution < -0.4 is 5.32 Å². The molecular weight excluding hydrogens is 515 g/mol. The molecule has 2 aromatic rings. The van der Waals surface area contributed by atoms with Crippen molar-refractivity contribution in [3.05, 3.63) is 61.7 Å². The maximum Gasteiger partial charge on any atom is 0.338 e. The lowest BCUT2D eigenvalue weighted by Crippen LogP contribution is -2.46. The maximum absolute atomic E-state index is 13.0. The Morgan fingerprint density at radius 3 is 2.89 bits per heavy atom. The van der Waals surface area contributed by atoms with Crippen molar-refractivity contribution in [1.29, 1.82) is 0 Å². The van der Waals surface area contributed by atoms with Gasteiger partial charge in [0.2, 0.25) is 0 Å². The van der Waals surface area contributed by atoms with Gasteiger partial charge in [-0.15, -0.1) is 11.3 Å². The van der Waals surface area contributed by atoms with Crippen LogP contribution >= 0.6 is 34.5 Å². The number of carboxylic acids is 1. The fourth-order valence-corrected chi connectivity index (χ4v) is 5.17. The Kier molecular flexibility index (Phi) is 8.40. The molecule has 2 atom stereocenters. The highest BCUT2D eigenvalue weighted by Gasteiger charge is 2.35. The largest absolute Gasteiger partial charge is 0.481 e. The number of aliphatic imine (C=N–C) groups is 1. The van der Waals surface area contributed by atoms with Crippen molar-refractivity contribution in [2.75, 3.05) is 33.4 Å². The molecule has 3 heterocycles. The van der Waals surface area contributed by atoms with Crippen LogP contribution in [0.15, 0.2) is 46.0 Å². The quantitative estimate of drug-likeness (QED) is 0.490. The number of hydrogen-bond acceptors (Lipinski definition) is 9. The lowest BCUT2D eigenvalue weighted by Gasteiger charge is -2.35. The number of methoxy groups -OCH3 is 1. The lowest BCUT2D eigenvalue weighted by atomic mass is 9.95. The summed E-state index contributed by atoms with van der Waals surface area (Å²) < 4.78 is 10.9. The van der Waals surface area contributed by atoms with E-state index in [1.54, 1.807) is 24.4 Å². The van der Waals surface area contributed by atoms with E-state index >= 15 is 0 Å². The molecule has 35 heavy (non-hydrogen) atoms. The van der Waals surface area contributed by atoms with E-state index in [4.69, 9.17) is 42.8 Å². The van der Waals surface area contributed by atoms with Gasteiger partial charge in [0.25, 0.3) is 0 Å². The van der Waals surface area contributed by atoms with E-state index in [2.05, 4.69) is 15.2 Å². The van der Waals surface area contributed by atoms with Crippen molar-refractivity contribution in [3.63, 3.8) is 0 Å². The van der Waals surface area contributed by atoms with Crippen LogP contribution in [0.2, 0.25) is 10.0 Å². The van der Waals surface area contributed by atoms with Gasteiger partial charge in [-0.05, 0) is 18.6 Å². The van der Waals surface area contributed by atoms with Crippen LogP contribution in [0.4, 0.5) is 0 Å². The summed E-state index contributed by atoms with van der Waals surface area (Å²) in [5.74, 6) is -0.863. The van der Waals surface area contributed by atoms with Crippen LogP contribution in [-0.4, -0.2) is 72.2 Å². The Balaban J connectivity index is 1.70. The normalized spacial score (nSPS) is 20.8. The van der Waals surface area contributed by atoms with Crippen LogP contribution in [-0.2, 0) is 19.1 Å². The first-order valence-corrected chi connectivity index (χ1v) is 12.6. The Hall–Kier alpha value is -2.50. The molecule has 2 N–H and O–H groups in total. The van der Waals surface area contributed by atoms with E-state index < -0.39 is 18.0 Å². The molecule has 0 saturated carbocycles. The third-order valence-corrected chi connectivity index (χ3v) is 7.05. The smallest absolute Gasteiger partial charge is 0.338 e. The lowest BCUT2D eigenvalue weighted by molar-refractivity contribution is -0.138. The first kappa shape index (κ1) is 25.6. The zero-order valence-corrected chi connectivity index (χ0v) is 21.2. The van der Waals surface area contributed by atoms with Gasteiger partial charge in [-0.25, -0.2) is 9.78 Å². The van der Waals surface area contributed by atoms with Crippen LogP contribution in [0.5, 0.6) is 0 Å². The van der Waals surface area contributed by atoms with Gasteiger partial charge >= 0.3 is 11.9 Å². The molecular formula is C23H24Cl2N4O5S. The van der Waals surface area contributed by atoms with Crippen molar-refractivity contribution in [1.82, 2.24) is 15.2 Å². The number of thiazole rings is 1. The van der Waals surface area contributed by atoms with Gasteiger partial charge < -0.3 is 19.9 Å². The van der Waals surface area contributed by atoms with Gasteiger partial charge in [0.15, 0.2) is 10.8 Å². The third-order valence-electron chi connectivity index (χ3n) is 5.71. The second-order valence-corrected chi connectivity index (χ2v) is 9.79. The minimum atomic E-state index is -0.859. The number of amidine groups is 1.